The van der Waals surface area contributed by atoms with Crippen molar-refractivity contribution in [3.8, 4) is 0 Å². The van der Waals surface area contributed by atoms with Crippen LogP contribution in [0.3, 0.4) is 0 Å². The van der Waals surface area contributed by atoms with E-state index in [1.807, 2.05) is 0 Å². The van der Waals surface area contributed by atoms with Gasteiger partial charge in [0.05, 0.1) is 12.3 Å². The van der Waals surface area contributed by atoms with Crippen LogP contribution in [0.2, 0.25) is 0 Å². The first kappa shape index (κ1) is 9.51. The Kier molecular flexibility index (Phi) is 4.13. The zero-order chi connectivity index (χ0) is 8.04. The van der Waals surface area contributed by atoms with Crippen LogP contribution in [-0.2, 0) is 10.1 Å². The van der Waals surface area contributed by atoms with Gasteiger partial charge in [0.25, 0.3) is 10.1 Å². The Balaban J connectivity index is 3.29. The second kappa shape index (κ2) is 4.35. The smallest absolute Gasteiger partial charge is 0.264 e. The first-order valence-electron chi connectivity index (χ1n) is 2.80. The van der Waals surface area contributed by atoms with Crippen molar-refractivity contribution in [2.24, 2.45) is 5.18 Å². The van der Waals surface area contributed by atoms with Gasteiger partial charge in [0.15, 0.2) is 0 Å². The van der Waals surface area contributed by atoms with Crippen molar-refractivity contribution >= 4 is 10.1 Å². The van der Waals surface area contributed by atoms with Crippen LogP contribution in [0.5, 0.6) is 0 Å². The van der Waals surface area contributed by atoms with Crippen LogP contribution >= 0.6 is 0 Å². The Hall–Kier alpha value is -0.490. The topological polar surface area (TPSA) is 83.8 Å². The van der Waals surface area contributed by atoms with Crippen LogP contribution < -0.4 is 0 Å². The fourth-order valence-electron chi connectivity index (χ4n) is 0.461. The average Bonchev–Trinajstić information content (AvgIpc) is 1.78. The minimum Gasteiger partial charge on any atom is -0.286 e. The van der Waals surface area contributed by atoms with E-state index in [0.717, 1.165) is 0 Å². The van der Waals surface area contributed by atoms with Gasteiger partial charge in [-0.05, 0) is 12.8 Å². The summed E-state index contributed by atoms with van der Waals surface area (Å²) in [6, 6.07) is 0. The summed E-state index contributed by atoms with van der Waals surface area (Å²) in [7, 11) is -3.85. The van der Waals surface area contributed by atoms with Gasteiger partial charge in [0.2, 0.25) is 0 Å². The predicted octanol–water partition coefficient (Wildman–Crippen LogP) is 0.421. The zero-order valence-electron chi connectivity index (χ0n) is 5.36. The van der Waals surface area contributed by atoms with Crippen LogP contribution in [0.15, 0.2) is 5.18 Å². The Morgan fingerprint density at radius 3 is 2.30 bits per heavy atom. The summed E-state index contributed by atoms with van der Waals surface area (Å²) in [4.78, 5) is 9.47. The molecule has 0 aliphatic rings. The number of nitroso groups, excluding NO2 is 1. The van der Waals surface area contributed by atoms with Gasteiger partial charge in [-0.25, -0.2) is 0 Å². The fourth-order valence-corrected chi connectivity index (χ4v) is 1.03. The molecular formula is C4H9NO4S. The highest BCUT2D eigenvalue weighted by atomic mass is 32.2. The van der Waals surface area contributed by atoms with Crippen LogP contribution in [0.25, 0.3) is 0 Å². The maximum Gasteiger partial charge on any atom is 0.264 e. The van der Waals surface area contributed by atoms with Crippen molar-refractivity contribution in [2.45, 2.75) is 12.8 Å². The summed E-state index contributed by atoms with van der Waals surface area (Å²) < 4.78 is 28.3. The molecule has 5 nitrogen and oxygen atoms in total. The molecule has 0 rings (SSSR count). The second-order valence-corrected chi connectivity index (χ2v) is 3.42. The van der Waals surface area contributed by atoms with Gasteiger partial charge in [-0.15, -0.1) is 0 Å². The van der Waals surface area contributed by atoms with Crippen molar-refractivity contribution in [3.63, 3.8) is 0 Å². The summed E-state index contributed by atoms with van der Waals surface area (Å²) in [5, 5.41) is 2.53. The monoisotopic (exact) mass is 167 g/mol. The Morgan fingerprint density at radius 2 is 1.90 bits per heavy atom. The third kappa shape index (κ3) is 7.51. The van der Waals surface area contributed by atoms with Crippen molar-refractivity contribution in [1.29, 1.82) is 0 Å². The number of hydrogen-bond donors (Lipinski definition) is 1. The molecule has 10 heavy (non-hydrogen) atoms. The Labute approximate surface area is 59.2 Å². The van der Waals surface area contributed by atoms with Crippen LogP contribution in [0.1, 0.15) is 12.8 Å². The minimum atomic E-state index is -3.85. The molecule has 0 aromatic rings. The largest absolute Gasteiger partial charge is 0.286 e. The molecule has 0 heterocycles. The van der Waals surface area contributed by atoms with Gasteiger partial charge in [-0.1, -0.05) is 5.18 Å². The standard InChI is InChI=1S/C4H9NO4S/c6-5-3-1-2-4-10(7,8)9/h1-4H2,(H,7,8,9). The maximum atomic E-state index is 10.0. The van der Waals surface area contributed by atoms with Crippen LogP contribution in [-0.4, -0.2) is 25.3 Å². The highest BCUT2D eigenvalue weighted by molar-refractivity contribution is 7.85. The van der Waals surface area contributed by atoms with Crippen molar-refractivity contribution in [1.82, 2.24) is 0 Å². The summed E-state index contributed by atoms with van der Waals surface area (Å²) in [6.07, 6.45) is 0.688. The lowest BCUT2D eigenvalue weighted by atomic mass is 10.3. The third-order valence-electron chi connectivity index (χ3n) is 0.902. The van der Waals surface area contributed by atoms with Crippen molar-refractivity contribution in [2.75, 3.05) is 12.3 Å². The van der Waals surface area contributed by atoms with E-state index >= 15 is 0 Å². The van der Waals surface area contributed by atoms with Crippen LogP contribution in [0.4, 0.5) is 0 Å². The molecule has 0 saturated heterocycles. The van der Waals surface area contributed by atoms with Crippen molar-refractivity contribution < 1.29 is 13.0 Å². The maximum absolute atomic E-state index is 10.0. The highest BCUT2D eigenvalue weighted by Gasteiger charge is 2.02. The van der Waals surface area contributed by atoms with Gasteiger partial charge in [0, 0.05) is 0 Å². The molecule has 0 saturated carbocycles. The molecule has 0 fully saturated rings. The van der Waals surface area contributed by atoms with Gasteiger partial charge in [0.1, 0.15) is 0 Å². The molecule has 0 aromatic carbocycles. The molecule has 0 aliphatic carbocycles. The second-order valence-electron chi connectivity index (χ2n) is 1.85. The number of rotatable bonds is 5. The highest BCUT2D eigenvalue weighted by Crippen LogP contribution is 1.93. The summed E-state index contributed by atoms with van der Waals surface area (Å²) >= 11 is 0. The SMILES string of the molecule is O=NCCCCS(=O)(=O)O. The van der Waals surface area contributed by atoms with E-state index in [1.54, 1.807) is 0 Å². The molecule has 0 spiro atoms. The van der Waals surface area contributed by atoms with E-state index in [-0.39, 0.29) is 18.7 Å². The molecular weight excluding hydrogens is 158 g/mol. The van der Waals surface area contributed by atoms with E-state index in [4.69, 9.17) is 4.55 Å². The van der Waals surface area contributed by atoms with E-state index in [2.05, 4.69) is 5.18 Å². The number of hydrogen-bond acceptors (Lipinski definition) is 4. The van der Waals surface area contributed by atoms with E-state index in [0.29, 0.717) is 6.42 Å². The van der Waals surface area contributed by atoms with E-state index in [1.165, 1.54) is 0 Å². The van der Waals surface area contributed by atoms with Gasteiger partial charge < -0.3 is 0 Å². The summed E-state index contributed by atoms with van der Waals surface area (Å²) in [5.74, 6) is -0.289. The first-order valence-corrected chi connectivity index (χ1v) is 4.41. The zero-order valence-corrected chi connectivity index (χ0v) is 6.17. The molecule has 0 atom stereocenters. The Morgan fingerprint density at radius 1 is 1.30 bits per heavy atom. The lowest BCUT2D eigenvalue weighted by Crippen LogP contribution is -2.03. The fraction of sp³-hybridized carbons (Fsp3) is 1.00. The first-order chi connectivity index (χ1) is 4.56. The molecule has 0 unspecified atom stereocenters. The lowest BCUT2D eigenvalue weighted by Gasteiger charge is -1.92. The molecule has 60 valence electrons. The molecule has 6 heteroatoms. The quantitative estimate of drug-likeness (QED) is 0.365. The van der Waals surface area contributed by atoms with Gasteiger partial charge in [-0.2, -0.15) is 13.3 Å². The summed E-state index contributed by atoms with van der Waals surface area (Å²) in [5.41, 5.74) is 0. The third-order valence-corrected chi connectivity index (χ3v) is 1.71. The normalized spacial score (nSPS) is 11.3. The van der Waals surface area contributed by atoms with Crippen LogP contribution in [0, 0.1) is 4.91 Å². The number of nitrogens with zero attached hydrogens (tertiary/aromatic N) is 1. The molecule has 0 amide bonds. The van der Waals surface area contributed by atoms with Gasteiger partial charge >= 0.3 is 0 Å². The minimum absolute atomic E-state index is 0.107. The molecule has 1 N–H and O–H groups in total. The van der Waals surface area contributed by atoms with E-state index in [9.17, 15) is 13.3 Å². The Bertz CT molecular complexity index is 185. The average molecular weight is 167 g/mol. The number of unbranched alkanes of at least 4 members (excludes halogenated alkanes) is 1. The van der Waals surface area contributed by atoms with Gasteiger partial charge in [-0.3, -0.25) is 4.55 Å². The van der Waals surface area contributed by atoms with Crippen molar-refractivity contribution in [3.05, 3.63) is 4.91 Å². The molecule has 0 aromatic heterocycles. The van der Waals surface area contributed by atoms with E-state index < -0.39 is 10.1 Å². The predicted molar refractivity (Wildman–Crippen MR) is 36.3 cm³/mol. The molecule has 0 radical (unpaired) electrons. The summed E-state index contributed by atoms with van der Waals surface area (Å²) in [6.45, 7) is 0.107. The lowest BCUT2D eigenvalue weighted by molar-refractivity contribution is 0.480. The molecule has 0 aliphatic heterocycles. The molecule has 0 bridgehead atoms.